The van der Waals surface area contributed by atoms with Gasteiger partial charge in [0.15, 0.2) is 0 Å². The van der Waals surface area contributed by atoms with E-state index < -0.39 is 0 Å². The van der Waals surface area contributed by atoms with Crippen LogP contribution >= 0.6 is 0 Å². The van der Waals surface area contributed by atoms with Crippen LogP contribution in [0.1, 0.15) is 76.7 Å². The summed E-state index contributed by atoms with van der Waals surface area (Å²) in [5.74, 6) is 0. The number of rotatable bonds is 11. The summed E-state index contributed by atoms with van der Waals surface area (Å²) in [5, 5.41) is 0. The molecule has 112 valence electrons. The van der Waals surface area contributed by atoms with Crippen LogP contribution in [-0.4, -0.2) is 0 Å². The molecule has 0 aliphatic heterocycles. The van der Waals surface area contributed by atoms with E-state index in [0.29, 0.717) is 0 Å². The third-order valence-electron chi connectivity index (χ3n) is 3.66. The molecule has 0 spiro atoms. The minimum absolute atomic E-state index is 0. The van der Waals surface area contributed by atoms with Crippen molar-refractivity contribution in [1.29, 1.82) is 0 Å². The van der Waals surface area contributed by atoms with Gasteiger partial charge in [0.05, 0.1) is 0 Å². The van der Waals surface area contributed by atoms with Crippen LogP contribution < -0.4 is 0 Å². The van der Waals surface area contributed by atoms with Crippen LogP contribution in [-0.2, 0) is 22.9 Å². The minimum Gasteiger partial charge on any atom is -0.0654 e. The van der Waals surface area contributed by atoms with E-state index in [0.717, 1.165) is 0 Å². The van der Waals surface area contributed by atoms with E-state index in [2.05, 4.69) is 37.3 Å². The number of aryl methyl sites for hydroxylation is 1. The molecule has 1 heteroatoms. The maximum absolute atomic E-state index is 2.28. The fourth-order valence-corrected chi connectivity index (χ4v) is 2.46. The topological polar surface area (TPSA) is 0 Å². The summed E-state index contributed by atoms with van der Waals surface area (Å²) < 4.78 is 0. The van der Waals surface area contributed by atoms with Crippen LogP contribution in [0.2, 0.25) is 0 Å². The molecule has 1 rings (SSSR count). The molecule has 1 aromatic rings. The van der Waals surface area contributed by atoms with Crippen LogP contribution in [0.25, 0.3) is 0 Å². The van der Waals surface area contributed by atoms with Crippen molar-refractivity contribution in [1.82, 2.24) is 0 Å². The summed E-state index contributed by atoms with van der Waals surface area (Å²) in [6.07, 6.45) is 15.5. The van der Waals surface area contributed by atoms with Crippen molar-refractivity contribution in [2.45, 2.75) is 77.6 Å². The van der Waals surface area contributed by atoms with Gasteiger partial charge in [-0.25, -0.2) is 0 Å². The molecule has 0 unspecified atom stereocenters. The SMILES string of the molecule is CCCCCCCCCCCCc1ccccc1.[Ni]. The third-order valence-corrected chi connectivity index (χ3v) is 3.66. The van der Waals surface area contributed by atoms with Crippen LogP contribution in [0.4, 0.5) is 0 Å². The van der Waals surface area contributed by atoms with Crippen molar-refractivity contribution < 1.29 is 16.5 Å². The number of hydrogen-bond donors (Lipinski definition) is 0. The van der Waals surface area contributed by atoms with Crippen LogP contribution in [0, 0.1) is 0 Å². The third kappa shape index (κ3) is 11.3. The Kier molecular flexibility index (Phi) is 13.9. The van der Waals surface area contributed by atoms with Gasteiger partial charge in [0.1, 0.15) is 0 Å². The Morgan fingerprint density at radius 1 is 0.632 bits per heavy atom. The Morgan fingerprint density at radius 2 is 1.11 bits per heavy atom. The van der Waals surface area contributed by atoms with E-state index in [9.17, 15) is 0 Å². The second-order valence-corrected chi connectivity index (χ2v) is 5.42. The summed E-state index contributed by atoms with van der Waals surface area (Å²) in [4.78, 5) is 0. The molecule has 19 heavy (non-hydrogen) atoms. The van der Waals surface area contributed by atoms with Gasteiger partial charge in [-0.05, 0) is 18.4 Å². The van der Waals surface area contributed by atoms with Gasteiger partial charge in [-0.3, -0.25) is 0 Å². The molecule has 0 saturated carbocycles. The van der Waals surface area contributed by atoms with Gasteiger partial charge in [0, 0.05) is 16.5 Å². The number of benzene rings is 1. The first-order valence-corrected chi connectivity index (χ1v) is 7.97. The largest absolute Gasteiger partial charge is 0.0654 e. The molecule has 0 nitrogen and oxygen atoms in total. The summed E-state index contributed by atoms with van der Waals surface area (Å²) in [6.45, 7) is 2.28. The van der Waals surface area contributed by atoms with Crippen molar-refractivity contribution in [3.05, 3.63) is 35.9 Å². The number of hydrogen-bond acceptors (Lipinski definition) is 0. The predicted octanol–water partition coefficient (Wildman–Crippen LogP) is 6.15. The van der Waals surface area contributed by atoms with Crippen molar-refractivity contribution in [2.24, 2.45) is 0 Å². The minimum atomic E-state index is 0. The molecule has 0 aliphatic carbocycles. The average Bonchev–Trinajstić information content (AvgIpc) is 2.42. The summed E-state index contributed by atoms with van der Waals surface area (Å²) in [5.41, 5.74) is 1.50. The molecule has 0 aromatic heterocycles. The van der Waals surface area contributed by atoms with E-state index in [1.807, 2.05) is 0 Å². The summed E-state index contributed by atoms with van der Waals surface area (Å²) >= 11 is 0. The zero-order chi connectivity index (χ0) is 12.9. The fourth-order valence-electron chi connectivity index (χ4n) is 2.46. The Balaban J connectivity index is 0.00000324. The molecule has 1 aromatic carbocycles. The molecule has 0 amide bonds. The van der Waals surface area contributed by atoms with E-state index >= 15 is 0 Å². The van der Waals surface area contributed by atoms with E-state index in [1.54, 1.807) is 0 Å². The molecule has 0 aliphatic rings. The maximum atomic E-state index is 2.28. The Hall–Kier alpha value is -0.286. The fraction of sp³-hybridized carbons (Fsp3) is 0.667. The molecular weight excluding hydrogens is 275 g/mol. The van der Waals surface area contributed by atoms with Gasteiger partial charge >= 0.3 is 0 Å². The quantitative estimate of drug-likeness (QED) is 0.340. The summed E-state index contributed by atoms with van der Waals surface area (Å²) in [7, 11) is 0. The average molecular weight is 305 g/mol. The smallest absolute Gasteiger partial charge is 0 e. The first kappa shape index (κ1) is 18.7. The van der Waals surface area contributed by atoms with Crippen LogP contribution in [0.5, 0.6) is 0 Å². The van der Waals surface area contributed by atoms with Gasteiger partial charge < -0.3 is 0 Å². The Labute approximate surface area is 130 Å². The monoisotopic (exact) mass is 304 g/mol. The summed E-state index contributed by atoms with van der Waals surface area (Å²) in [6, 6.07) is 10.9. The zero-order valence-corrected chi connectivity index (χ0v) is 13.5. The van der Waals surface area contributed by atoms with Gasteiger partial charge in [-0.2, -0.15) is 0 Å². The standard InChI is InChI=1S/C18H30.Ni/c1-2-3-4-5-6-7-8-9-10-12-15-18-16-13-11-14-17-18;/h11,13-14,16-17H,2-10,12,15H2,1H3;. The Bertz CT molecular complexity index is 268. The maximum Gasteiger partial charge on any atom is 0 e. The van der Waals surface area contributed by atoms with E-state index in [-0.39, 0.29) is 16.5 Å². The van der Waals surface area contributed by atoms with Gasteiger partial charge in [-0.15, -0.1) is 0 Å². The number of unbranched alkanes of at least 4 members (excludes halogenated alkanes) is 9. The van der Waals surface area contributed by atoms with Crippen molar-refractivity contribution in [3.63, 3.8) is 0 Å². The van der Waals surface area contributed by atoms with E-state index in [4.69, 9.17) is 0 Å². The molecule has 0 atom stereocenters. The first-order valence-electron chi connectivity index (χ1n) is 7.97. The first-order chi connectivity index (χ1) is 8.93. The van der Waals surface area contributed by atoms with Crippen molar-refractivity contribution in [3.8, 4) is 0 Å². The van der Waals surface area contributed by atoms with Crippen LogP contribution in [0.3, 0.4) is 0 Å². The van der Waals surface area contributed by atoms with Gasteiger partial charge in [0.25, 0.3) is 0 Å². The van der Waals surface area contributed by atoms with Crippen molar-refractivity contribution >= 4 is 0 Å². The molecule has 0 N–H and O–H groups in total. The molecule has 0 saturated heterocycles. The second-order valence-electron chi connectivity index (χ2n) is 5.42. The molecule has 0 radical (unpaired) electrons. The molecular formula is C18H30Ni. The van der Waals surface area contributed by atoms with Gasteiger partial charge in [-0.1, -0.05) is 95.0 Å². The van der Waals surface area contributed by atoms with E-state index in [1.165, 1.54) is 76.2 Å². The second kappa shape index (κ2) is 14.1. The molecule has 0 heterocycles. The molecule has 0 bridgehead atoms. The van der Waals surface area contributed by atoms with Crippen LogP contribution in [0.15, 0.2) is 30.3 Å². The zero-order valence-electron chi connectivity index (χ0n) is 12.5. The predicted molar refractivity (Wildman–Crippen MR) is 82.0 cm³/mol. The van der Waals surface area contributed by atoms with Crippen molar-refractivity contribution in [2.75, 3.05) is 0 Å². The normalized spacial score (nSPS) is 10.2. The Morgan fingerprint density at radius 3 is 1.63 bits per heavy atom. The molecule has 0 fully saturated rings. The van der Waals surface area contributed by atoms with Gasteiger partial charge in [0.2, 0.25) is 0 Å².